The molecule has 0 fully saturated rings. The number of rotatable bonds is 9. The first kappa shape index (κ1) is 26.1. The van der Waals surface area contributed by atoms with E-state index in [0.717, 1.165) is 11.1 Å². The standard InChI is InChI=1S/C27H27Cl3N2O2/c1-18(2)31-27(34)25(14-19-8-4-3-5-9-19)32(17-21-10-6-7-11-23(21)29)26(33)15-20-12-13-22(28)16-24(20)30/h3-13,16,18,25H,14-15,17H2,1-2H3,(H,31,34). The van der Waals surface area contributed by atoms with Gasteiger partial charge in [0.1, 0.15) is 6.04 Å². The van der Waals surface area contributed by atoms with Crippen LogP contribution in [0.1, 0.15) is 30.5 Å². The van der Waals surface area contributed by atoms with Crippen molar-refractivity contribution < 1.29 is 9.59 Å². The molecule has 0 radical (unpaired) electrons. The van der Waals surface area contributed by atoms with Crippen molar-refractivity contribution in [2.24, 2.45) is 0 Å². The van der Waals surface area contributed by atoms with Gasteiger partial charge in [0.25, 0.3) is 0 Å². The minimum absolute atomic E-state index is 0.0285. The van der Waals surface area contributed by atoms with Gasteiger partial charge in [-0.05, 0) is 48.7 Å². The smallest absolute Gasteiger partial charge is 0.243 e. The van der Waals surface area contributed by atoms with Gasteiger partial charge in [0.15, 0.2) is 0 Å². The molecule has 0 aliphatic carbocycles. The topological polar surface area (TPSA) is 49.4 Å². The Balaban J connectivity index is 2.00. The Morgan fingerprint density at radius 1 is 0.853 bits per heavy atom. The average Bonchev–Trinajstić information content (AvgIpc) is 2.79. The van der Waals surface area contributed by atoms with Crippen molar-refractivity contribution >= 4 is 46.6 Å². The summed E-state index contributed by atoms with van der Waals surface area (Å²) in [6, 6.07) is 21.2. The second-order valence-corrected chi connectivity index (χ2v) is 9.65. The minimum atomic E-state index is -0.736. The van der Waals surface area contributed by atoms with Gasteiger partial charge in [-0.2, -0.15) is 0 Å². The van der Waals surface area contributed by atoms with Crippen molar-refractivity contribution in [3.05, 3.63) is 105 Å². The van der Waals surface area contributed by atoms with E-state index in [1.165, 1.54) is 0 Å². The summed E-state index contributed by atoms with van der Waals surface area (Å²) < 4.78 is 0. The van der Waals surface area contributed by atoms with E-state index >= 15 is 0 Å². The Morgan fingerprint density at radius 3 is 2.18 bits per heavy atom. The van der Waals surface area contributed by atoms with Crippen molar-refractivity contribution in [1.29, 1.82) is 0 Å². The summed E-state index contributed by atoms with van der Waals surface area (Å²) in [5, 5.41) is 4.41. The molecule has 0 aliphatic rings. The first-order valence-electron chi connectivity index (χ1n) is 11.1. The van der Waals surface area contributed by atoms with E-state index in [1.807, 2.05) is 62.4 Å². The van der Waals surface area contributed by atoms with Gasteiger partial charge in [-0.25, -0.2) is 0 Å². The zero-order valence-corrected chi connectivity index (χ0v) is 21.4. The highest BCUT2D eigenvalue weighted by Crippen LogP contribution is 2.25. The Labute approximate surface area is 215 Å². The van der Waals surface area contributed by atoms with Gasteiger partial charge in [-0.3, -0.25) is 9.59 Å². The molecule has 0 heterocycles. The highest BCUT2D eigenvalue weighted by atomic mass is 35.5. The maximum Gasteiger partial charge on any atom is 0.243 e. The van der Waals surface area contributed by atoms with Crippen LogP contribution in [0.25, 0.3) is 0 Å². The Morgan fingerprint density at radius 2 is 1.53 bits per heavy atom. The molecule has 178 valence electrons. The Hall–Kier alpha value is -2.53. The highest BCUT2D eigenvalue weighted by molar-refractivity contribution is 6.35. The zero-order chi connectivity index (χ0) is 24.7. The summed E-state index contributed by atoms with van der Waals surface area (Å²) in [6.07, 6.45) is 0.393. The molecule has 7 heteroatoms. The van der Waals surface area contributed by atoms with Crippen molar-refractivity contribution in [3.8, 4) is 0 Å². The van der Waals surface area contributed by atoms with Crippen LogP contribution in [0.2, 0.25) is 15.1 Å². The summed E-state index contributed by atoms with van der Waals surface area (Å²) in [5.41, 5.74) is 2.35. The van der Waals surface area contributed by atoms with Crippen LogP contribution in [0.4, 0.5) is 0 Å². The molecule has 0 aliphatic heterocycles. The second kappa shape index (κ2) is 12.3. The van der Waals surface area contributed by atoms with Crippen molar-refractivity contribution in [2.75, 3.05) is 0 Å². The van der Waals surface area contributed by atoms with Crippen LogP contribution >= 0.6 is 34.8 Å². The average molecular weight is 518 g/mol. The molecule has 3 aromatic rings. The summed E-state index contributed by atoms with van der Waals surface area (Å²) in [7, 11) is 0. The fourth-order valence-electron chi connectivity index (χ4n) is 3.67. The molecule has 3 rings (SSSR count). The summed E-state index contributed by atoms with van der Waals surface area (Å²) in [4.78, 5) is 28.7. The molecule has 1 N–H and O–H groups in total. The zero-order valence-electron chi connectivity index (χ0n) is 19.1. The molecule has 0 saturated carbocycles. The molecule has 0 bridgehead atoms. The largest absolute Gasteiger partial charge is 0.352 e. The molecule has 2 amide bonds. The first-order valence-corrected chi connectivity index (χ1v) is 12.2. The van der Waals surface area contributed by atoms with Gasteiger partial charge in [-0.15, -0.1) is 0 Å². The monoisotopic (exact) mass is 516 g/mol. The lowest BCUT2D eigenvalue weighted by molar-refractivity contribution is -0.141. The number of halogens is 3. The van der Waals surface area contributed by atoms with Crippen molar-refractivity contribution in [3.63, 3.8) is 0 Å². The Bertz CT molecular complexity index is 1140. The lowest BCUT2D eigenvalue weighted by Crippen LogP contribution is -2.52. The molecule has 3 aromatic carbocycles. The number of hydrogen-bond acceptors (Lipinski definition) is 2. The molecule has 4 nitrogen and oxygen atoms in total. The van der Waals surface area contributed by atoms with E-state index < -0.39 is 6.04 Å². The van der Waals surface area contributed by atoms with Gasteiger partial charge in [0.2, 0.25) is 11.8 Å². The van der Waals surface area contributed by atoms with Crippen molar-refractivity contribution in [2.45, 2.75) is 45.3 Å². The third-order valence-electron chi connectivity index (χ3n) is 5.36. The maximum absolute atomic E-state index is 13.7. The quantitative estimate of drug-likeness (QED) is 0.359. The van der Waals surface area contributed by atoms with Crippen LogP contribution in [0.5, 0.6) is 0 Å². The number of nitrogens with one attached hydrogen (secondary N) is 1. The predicted octanol–water partition coefficient (Wildman–Crippen LogP) is 6.35. The second-order valence-electron chi connectivity index (χ2n) is 8.39. The maximum atomic E-state index is 13.7. The third-order valence-corrected chi connectivity index (χ3v) is 6.31. The Kier molecular flexibility index (Phi) is 9.40. The number of carbonyl (C=O) groups is 2. The fourth-order valence-corrected chi connectivity index (χ4v) is 4.35. The SMILES string of the molecule is CC(C)NC(=O)C(Cc1ccccc1)N(Cc1ccccc1Cl)C(=O)Cc1ccc(Cl)cc1Cl. The summed E-state index contributed by atoms with van der Waals surface area (Å²) in [6.45, 7) is 3.98. The lowest BCUT2D eigenvalue weighted by Gasteiger charge is -2.32. The molecule has 1 unspecified atom stereocenters. The molecule has 1 atom stereocenters. The summed E-state index contributed by atoms with van der Waals surface area (Å²) in [5.74, 6) is -0.453. The normalized spacial score (nSPS) is 11.8. The molecular formula is C27H27Cl3N2O2. The van der Waals surface area contributed by atoms with E-state index in [4.69, 9.17) is 34.8 Å². The molecule has 0 aromatic heterocycles. The van der Waals surface area contributed by atoms with Gasteiger partial charge >= 0.3 is 0 Å². The van der Waals surface area contributed by atoms with Gasteiger partial charge in [0.05, 0.1) is 6.42 Å². The van der Waals surface area contributed by atoms with E-state index in [0.29, 0.717) is 27.1 Å². The van der Waals surface area contributed by atoms with Crippen LogP contribution in [-0.4, -0.2) is 28.8 Å². The van der Waals surface area contributed by atoms with Gasteiger partial charge in [-0.1, -0.05) is 89.4 Å². The lowest BCUT2D eigenvalue weighted by atomic mass is 10.0. The van der Waals surface area contributed by atoms with Gasteiger partial charge in [0, 0.05) is 34.1 Å². The molecule has 0 spiro atoms. The predicted molar refractivity (Wildman–Crippen MR) is 139 cm³/mol. The number of hydrogen-bond donors (Lipinski definition) is 1. The first-order chi connectivity index (χ1) is 16.2. The number of benzene rings is 3. The molecule has 0 saturated heterocycles. The van der Waals surface area contributed by atoms with Crippen LogP contribution in [0.15, 0.2) is 72.8 Å². The molecular weight excluding hydrogens is 491 g/mol. The van der Waals surface area contributed by atoms with Crippen molar-refractivity contribution in [1.82, 2.24) is 10.2 Å². The number of carbonyl (C=O) groups excluding carboxylic acids is 2. The number of amides is 2. The highest BCUT2D eigenvalue weighted by Gasteiger charge is 2.31. The van der Waals surface area contributed by atoms with Crippen LogP contribution < -0.4 is 5.32 Å². The van der Waals surface area contributed by atoms with E-state index in [1.54, 1.807) is 29.2 Å². The van der Waals surface area contributed by atoms with Crippen LogP contribution in [0.3, 0.4) is 0 Å². The molecule has 34 heavy (non-hydrogen) atoms. The van der Waals surface area contributed by atoms with E-state index in [2.05, 4.69) is 5.32 Å². The summed E-state index contributed by atoms with van der Waals surface area (Å²) >= 11 is 18.8. The van der Waals surface area contributed by atoms with Crippen LogP contribution in [0, 0.1) is 0 Å². The fraction of sp³-hybridized carbons (Fsp3) is 0.259. The van der Waals surface area contributed by atoms with Gasteiger partial charge < -0.3 is 10.2 Å². The third kappa shape index (κ3) is 7.23. The minimum Gasteiger partial charge on any atom is -0.352 e. The van der Waals surface area contributed by atoms with E-state index in [-0.39, 0.29) is 30.8 Å². The van der Waals surface area contributed by atoms with Crippen LogP contribution in [-0.2, 0) is 29.0 Å². The van der Waals surface area contributed by atoms with E-state index in [9.17, 15) is 9.59 Å². The number of nitrogens with zero attached hydrogens (tertiary/aromatic N) is 1.